The Hall–Kier alpha value is -0.760. The Morgan fingerprint density at radius 2 is 2.23 bits per heavy atom. The van der Waals surface area contributed by atoms with E-state index < -0.39 is 0 Å². The molecule has 0 aliphatic rings. The van der Waals surface area contributed by atoms with Crippen molar-refractivity contribution in [2.45, 2.75) is 19.9 Å². The molecule has 1 aromatic carbocycles. The summed E-state index contributed by atoms with van der Waals surface area (Å²) in [5.41, 5.74) is 1.56. The van der Waals surface area contributed by atoms with Crippen LogP contribution >= 0.6 is 35.7 Å². The van der Waals surface area contributed by atoms with Crippen LogP contribution in [0.5, 0.6) is 0 Å². The van der Waals surface area contributed by atoms with Crippen LogP contribution in [0.3, 0.4) is 0 Å². The lowest BCUT2D eigenvalue weighted by Crippen LogP contribution is -2.39. The third-order valence-electron chi connectivity index (χ3n) is 3.05. The molecule has 0 aliphatic heterocycles. The molecule has 0 saturated heterocycles. The van der Waals surface area contributed by atoms with Crippen molar-refractivity contribution in [3.8, 4) is 0 Å². The summed E-state index contributed by atoms with van der Waals surface area (Å²) < 4.78 is 13.6. The van der Waals surface area contributed by atoms with Gasteiger partial charge in [0.25, 0.3) is 0 Å². The first-order chi connectivity index (χ1) is 10.1. The molecular weight excluding hydrogens is 412 g/mol. The maximum Gasteiger partial charge on any atom is 0.191 e. The van der Waals surface area contributed by atoms with Crippen molar-refractivity contribution in [2.24, 2.45) is 4.99 Å². The van der Waals surface area contributed by atoms with Crippen molar-refractivity contribution in [3.05, 3.63) is 47.8 Å². The summed E-state index contributed by atoms with van der Waals surface area (Å²) in [6.45, 7) is 8.27. The predicted octanol–water partition coefficient (Wildman–Crippen LogP) is 3.90. The lowest BCUT2D eigenvalue weighted by Gasteiger charge is -2.18. The number of halogens is 2. The number of nitrogens with one attached hydrogen (secondary N) is 2. The zero-order valence-electron chi connectivity index (χ0n) is 13.4. The molecule has 1 atom stereocenters. The van der Waals surface area contributed by atoms with Crippen molar-refractivity contribution >= 4 is 41.7 Å². The number of aliphatic imine (C=N–C) groups is 1. The molecule has 0 amide bonds. The topological polar surface area (TPSA) is 36.4 Å². The van der Waals surface area contributed by atoms with E-state index in [0.717, 1.165) is 29.6 Å². The number of guanidine groups is 1. The Morgan fingerprint density at radius 1 is 1.50 bits per heavy atom. The molecule has 0 heterocycles. The predicted molar refractivity (Wildman–Crippen MR) is 107 cm³/mol. The van der Waals surface area contributed by atoms with Crippen molar-refractivity contribution < 1.29 is 4.39 Å². The second kappa shape index (κ2) is 11.8. The molecule has 1 aromatic rings. The molecular formula is C16H25FIN3S. The number of hydrogen-bond acceptors (Lipinski definition) is 2. The summed E-state index contributed by atoms with van der Waals surface area (Å²) in [7, 11) is 1.73. The monoisotopic (exact) mass is 437 g/mol. The molecule has 0 bridgehead atoms. The third-order valence-corrected chi connectivity index (χ3v) is 4.01. The highest BCUT2D eigenvalue weighted by molar-refractivity contribution is 14.0. The van der Waals surface area contributed by atoms with Gasteiger partial charge in [0.05, 0.1) is 6.04 Å². The first-order valence-corrected chi connectivity index (χ1v) is 8.15. The Labute approximate surface area is 154 Å². The summed E-state index contributed by atoms with van der Waals surface area (Å²) in [5, 5.41) is 6.51. The molecule has 3 nitrogen and oxygen atoms in total. The molecule has 0 radical (unpaired) electrons. The zero-order valence-corrected chi connectivity index (χ0v) is 16.5. The van der Waals surface area contributed by atoms with Gasteiger partial charge in [0.1, 0.15) is 5.82 Å². The first kappa shape index (κ1) is 21.2. The van der Waals surface area contributed by atoms with Gasteiger partial charge in [-0.15, -0.1) is 30.6 Å². The van der Waals surface area contributed by atoms with E-state index in [9.17, 15) is 4.39 Å². The molecule has 1 rings (SSSR count). The van der Waals surface area contributed by atoms with Crippen molar-refractivity contribution in [2.75, 3.05) is 25.1 Å². The summed E-state index contributed by atoms with van der Waals surface area (Å²) in [4.78, 5) is 4.18. The fourth-order valence-corrected chi connectivity index (χ4v) is 2.35. The van der Waals surface area contributed by atoms with Gasteiger partial charge in [0.15, 0.2) is 5.96 Å². The van der Waals surface area contributed by atoms with Gasteiger partial charge in [-0.3, -0.25) is 4.99 Å². The van der Waals surface area contributed by atoms with Crippen LogP contribution in [0, 0.1) is 12.7 Å². The van der Waals surface area contributed by atoms with Crippen LogP contribution in [-0.4, -0.2) is 31.1 Å². The number of nitrogens with zero attached hydrogens (tertiary/aromatic N) is 1. The second-order valence-corrected chi connectivity index (χ2v) is 5.89. The smallest absolute Gasteiger partial charge is 0.191 e. The maximum absolute atomic E-state index is 13.6. The molecule has 124 valence electrons. The SMILES string of the molecule is C=CCSCCNC(=NC)NC(C)c1ccc(C)c(F)c1.I. The largest absolute Gasteiger partial charge is 0.356 e. The van der Waals surface area contributed by atoms with Crippen molar-refractivity contribution in [3.63, 3.8) is 0 Å². The van der Waals surface area contributed by atoms with Crippen LogP contribution in [0.25, 0.3) is 0 Å². The molecule has 0 fully saturated rings. The van der Waals surface area contributed by atoms with E-state index in [1.807, 2.05) is 30.8 Å². The van der Waals surface area contributed by atoms with Gasteiger partial charge < -0.3 is 10.6 Å². The summed E-state index contributed by atoms with van der Waals surface area (Å²) in [6, 6.07) is 5.29. The van der Waals surface area contributed by atoms with Gasteiger partial charge in [-0.25, -0.2) is 4.39 Å². The van der Waals surface area contributed by atoms with E-state index in [1.54, 1.807) is 26.1 Å². The molecule has 22 heavy (non-hydrogen) atoms. The zero-order chi connectivity index (χ0) is 15.7. The second-order valence-electron chi connectivity index (χ2n) is 4.74. The van der Waals surface area contributed by atoms with Crippen LogP contribution in [0.2, 0.25) is 0 Å². The lowest BCUT2D eigenvalue weighted by molar-refractivity contribution is 0.608. The Bertz CT molecular complexity index is 494. The quantitative estimate of drug-likeness (QED) is 0.223. The number of aryl methyl sites for hydroxylation is 1. The minimum atomic E-state index is -0.176. The summed E-state index contributed by atoms with van der Waals surface area (Å²) in [6.07, 6.45) is 1.89. The average Bonchev–Trinajstić information content (AvgIpc) is 2.48. The number of benzene rings is 1. The Morgan fingerprint density at radius 3 is 2.82 bits per heavy atom. The van der Waals surface area contributed by atoms with Gasteiger partial charge in [0.2, 0.25) is 0 Å². The van der Waals surface area contributed by atoms with Crippen LogP contribution in [-0.2, 0) is 0 Å². The van der Waals surface area contributed by atoms with Crippen molar-refractivity contribution in [1.29, 1.82) is 0 Å². The molecule has 1 unspecified atom stereocenters. The average molecular weight is 437 g/mol. The number of thioether (sulfide) groups is 1. The number of hydrogen-bond donors (Lipinski definition) is 2. The number of rotatable bonds is 7. The highest BCUT2D eigenvalue weighted by atomic mass is 127. The molecule has 2 N–H and O–H groups in total. The fraction of sp³-hybridized carbons (Fsp3) is 0.438. The van der Waals surface area contributed by atoms with E-state index >= 15 is 0 Å². The van der Waals surface area contributed by atoms with Gasteiger partial charge in [-0.1, -0.05) is 18.2 Å². The van der Waals surface area contributed by atoms with E-state index in [1.165, 1.54) is 0 Å². The summed E-state index contributed by atoms with van der Waals surface area (Å²) >= 11 is 1.81. The molecule has 0 aliphatic carbocycles. The molecule has 0 spiro atoms. The van der Waals surface area contributed by atoms with Gasteiger partial charge in [0, 0.05) is 25.1 Å². The third kappa shape index (κ3) is 7.49. The molecule has 0 saturated carbocycles. The van der Waals surface area contributed by atoms with Crippen LogP contribution in [0.4, 0.5) is 4.39 Å². The maximum atomic E-state index is 13.6. The minimum absolute atomic E-state index is 0. The molecule has 6 heteroatoms. The van der Waals surface area contributed by atoms with E-state index in [0.29, 0.717) is 5.56 Å². The van der Waals surface area contributed by atoms with Gasteiger partial charge in [-0.05, 0) is 31.0 Å². The Kier molecular flexibility index (Phi) is 11.4. The van der Waals surface area contributed by atoms with Crippen LogP contribution < -0.4 is 10.6 Å². The molecule has 0 aromatic heterocycles. The normalized spacial score (nSPS) is 12.3. The minimum Gasteiger partial charge on any atom is -0.356 e. The van der Waals surface area contributed by atoms with Crippen LogP contribution in [0.1, 0.15) is 24.1 Å². The van der Waals surface area contributed by atoms with E-state index in [4.69, 9.17) is 0 Å². The van der Waals surface area contributed by atoms with Gasteiger partial charge in [-0.2, -0.15) is 11.8 Å². The summed E-state index contributed by atoms with van der Waals surface area (Å²) in [5.74, 6) is 2.49. The fourth-order valence-electron chi connectivity index (χ4n) is 1.77. The van der Waals surface area contributed by atoms with Crippen LogP contribution in [0.15, 0.2) is 35.8 Å². The highest BCUT2D eigenvalue weighted by Crippen LogP contribution is 2.16. The standard InChI is InChI=1S/C16H24FN3S.HI/c1-5-9-21-10-8-19-16(18-4)20-13(3)14-7-6-12(2)15(17)11-14;/h5-7,11,13H,1,8-10H2,2-4H3,(H2,18,19,20);1H. The van der Waals surface area contributed by atoms with Crippen molar-refractivity contribution in [1.82, 2.24) is 10.6 Å². The highest BCUT2D eigenvalue weighted by Gasteiger charge is 2.09. The first-order valence-electron chi connectivity index (χ1n) is 7.00. The van der Waals surface area contributed by atoms with E-state index in [-0.39, 0.29) is 35.8 Å². The van der Waals surface area contributed by atoms with E-state index in [2.05, 4.69) is 22.2 Å². The lowest BCUT2D eigenvalue weighted by atomic mass is 10.1. The van der Waals surface area contributed by atoms with Gasteiger partial charge >= 0.3 is 0 Å². The Balaban J connectivity index is 0.00000441.